The predicted molar refractivity (Wildman–Crippen MR) is 77.4 cm³/mol. The number of hydrogen-bond acceptors (Lipinski definition) is 6. The summed E-state index contributed by atoms with van der Waals surface area (Å²) in [5.74, 6) is -1.53. The molecule has 0 bridgehead atoms. The molecular formula is C13H12NO4S2-. The van der Waals surface area contributed by atoms with Crippen LogP contribution in [0.3, 0.4) is 0 Å². The molecule has 2 heterocycles. The van der Waals surface area contributed by atoms with E-state index in [2.05, 4.69) is 0 Å². The highest BCUT2D eigenvalue weighted by Gasteiger charge is 2.39. The fraction of sp³-hybridized carbons (Fsp3) is 0.308. The third-order valence-corrected chi connectivity index (χ3v) is 4.12. The molecule has 7 heteroatoms. The molecule has 0 N–H and O–H groups in total. The zero-order valence-electron chi connectivity index (χ0n) is 10.9. The van der Waals surface area contributed by atoms with Gasteiger partial charge >= 0.3 is 0 Å². The normalized spacial score (nSPS) is 19.1. The first kappa shape index (κ1) is 14.8. The molecule has 1 aromatic rings. The number of rotatable bonds is 4. The number of hydrogen-bond donors (Lipinski definition) is 0. The Morgan fingerprint density at radius 2 is 2.25 bits per heavy atom. The van der Waals surface area contributed by atoms with E-state index in [4.69, 9.17) is 16.6 Å². The van der Waals surface area contributed by atoms with Crippen LogP contribution >= 0.6 is 24.0 Å². The van der Waals surface area contributed by atoms with E-state index in [-0.39, 0.29) is 10.2 Å². The quantitative estimate of drug-likeness (QED) is 0.615. The highest BCUT2D eigenvalue weighted by atomic mass is 32.2. The van der Waals surface area contributed by atoms with Gasteiger partial charge in [-0.25, -0.2) is 0 Å². The summed E-state index contributed by atoms with van der Waals surface area (Å²) in [5.41, 5.74) is 0. The summed E-state index contributed by atoms with van der Waals surface area (Å²) in [6, 6.07) is 2.33. The molecule has 0 aliphatic carbocycles. The van der Waals surface area contributed by atoms with Gasteiger partial charge in [0.15, 0.2) is 0 Å². The molecule has 5 nitrogen and oxygen atoms in total. The van der Waals surface area contributed by atoms with Crippen molar-refractivity contribution in [1.82, 2.24) is 4.90 Å². The first-order valence-corrected chi connectivity index (χ1v) is 7.15. The van der Waals surface area contributed by atoms with Crippen molar-refractivity contribution in [2.75, 3.05) is 0 Å². The van der Waals surface area contributed by atoms with Gasteiger partial charge in [0, 0.05) is 6.08 Å². The van der Waals surface area contributed by atoms with Crippen molar-refractivity contribution >= 4 is 46.3 Å². The Balaban J connectivity index is 2.31. The van der Waals surface area contributed by atoms with Crippen LogP contribution in [0.4, 0.5) is 0 Å². The second-order valence-corrected chi connectivity index (χ2v) is 6.25. The first-order valence-electron chi connectivity index (χ1n) is 5.93. The van der Waals surface area contributed by atoms with Crippen LogP contribution in [0, 0.1) is 5.92 Å². The lowest BCUT2D eigenvalue weighted by Gasteiger charge is -2.30. The van der Waals surface area contributed by atoms with Crippen LogP contribution in [0.25, 0.3) is 6.08 Å². The number of carbonyl (C=O) groups excluding carboxylic acids is 2. The summed E-state index contributed by atoms with van der Waals surface area (Å²) in [7, 11) is 0. The molecule has 1 fully saturated rings. The molecule has 0 radical (unpaired) electrons. The SMILES string of the molecule is CC(C)[C@H](C(=O)[O-])N1C(=O)/C(=C\c2ccco2)SC1=S. The molecule has 2 rings (SSSR count). The molecule has 1 aliphatic heterocycles. The van der Waals surface area contributed by atoms with Crippen LogP contribution in [-0.2, 0) is 9.59 Å². The molecule has 0 saturated carbocycles. The van der Waals surface area contributed by atoms with Gasteiger partial charge < -0.3 is 14.3 Å². The second-order valence-electron chi connectivity index (χ2n) is 4.58. The largest absolute Gasteiger partial charge is 0.548 e. The topological polar surface area (TPSA) is 73.6 Å². The van der Waals surface area contributed by atoms with Crippen molar-refractivity contribution in [2.45, 2.75) is 19.9 Å². The van der Waals surface area contributed by atoms with Crippen molar-refractivity contribution in [3.05, 3.63) is 29.1 Å². The van der Waals surface area contributed by atoms with Gasteiger partial charge in [-0.3, -0.25) is 9.69 Å². The van der Waals surface area contributed by atoms with E-state index in [0.717, 1.165) is 16.7 Å². The van der Waals surface area contributed by atoms with Gasteiger partial charge in [-0.05, 0) is 18.1 Å². The molecule has 20 heavy (non-hydrogen) atoms. The van der Waals surface area contributed by atoms with Crippen molar-refractivity contribution in [3.63, 3.8) is 0 Å². The molecule has 1 atom stereocenters. The lowest BCUT2D eigenvalue weighted by molar-refractivity contribution is -0.311. The van der Waals surface area contributed by atoms with Crippen molar-refractivity contribution in [1.29, 1.82) is 0 Å². The summed E-state index contributed by atoms with van der Waals surface area (Å²) in [5, 5.41) is 11.2. The summed E-state index contributed by atoms with van der Waals surface area (Å²) in [4.78, 5) is 25.0. The average molecular weight is 310 g/mol. The Morgan fingerprint density at radius 1 is 1.55 bits per heavy atom. The van der Waals surface area contributed by atoms with E-state index in [1.54, 1.807) is 32.1 Å². The zero-order chi connectivity index (χ0) is 14.9. The molecule has 0 spiro atoms. The molecule has 0 aromatic carbocycles. The van der Waals surface area contributed by atoms with Gasteiger partial charge in [-0.15, -0.1) is 0 Å². The van der Waals surface area contributed by atoms with Crippen molar-refractivity contribution in [3.8, 4) is 0 Å². The van der Waals surface area contributed by atoms with Gasteiger partial charge in [0.1, 0.15) is 10.1 Å². The lowest BCUT2D eigenvalue weighted by Crippen LogP contribution is -2.52. The standard InChI is InChI=1S/C13H13NO4S2/c1-7(2)10(12(16)17)14-11(15)9(20-13(14)19)6-8-4-3-5-18-8/h3-7,10H,1-2H3,(H,16,17)/p-1/b9-6+/t10-/m1/s1. The summed E-state index contributed by atoms with van der Waals surface area (Å²) in [6.07, 6.45) is 3.04. The third kappa shape index (κ3) is 2.78. The number of nitrogens with zero attached hydrogens (tertiary/aromatic N) is 1. The molecule has 1 saturated heterocycles. The van der Waals surface area contributed by atoms with Crippen LogP contribution in [0.1, 0.15) is 19.6 Å². The van der Waals surface area contributed by atoms with Crippen molar-refractivity contribution < 1.29 is 19.1 Å². The van der Waals surface area contributed by atoms with E-state index in [1.165, 1.54) is 6.26 Å². The number of thioether (sulfide) groups is 1. The van der Waals surface area contributed by atoms with Crippen LogP contribution in [-0.4, -0.2) is 27.1 Å². The van der Waals surface area contributed by atoms with E-state index >= 15 is 0 Å². The summed E-state index contributed by atoms with van der Waals surface area (Å²) in [6.45, 7) is 3.41. The predicted octanol–water partition coefficient (Wildman–Crippen LogP) is 1.26. The monoisotopic (exact) mass is 310 g/mol. The fourth-order valence-corrected chi connectivity index (χ4v) is 3.21. The van der Waals surface area contributed by atoms with Crippen LogP contribution in [0.5, 0.6) is 0 Å². The molecular weight excluding hydrogens is 298 g/mol. The Kier molecular flexibility index (Phi) is 4.29. The maximum atomic E-state index is 12.3. The molecule has 1 amide bonds. The number of carboxylic acid groups (broad SMARTS) is 1. The molecule has 0 unspecified atom stereocenters. The molecule has 106 valence electrons. The minimum Gasteiger partial charge on any atom is -0.548 e. The molecule has 1 aliphatic rings. The minimum atomic E-state index is -1.31. The third-order valence-electron chi connectivity index (χ3n) is 2.79. The Bertz CT molecular complexity index is 577. The highest BCUT2D eigenvalue weighted by molar-refractivity contribution is 8.26. The number of carboxylic acids is 1. The number of aliphatic carboxylic acids is 1. The van der Waals surface area contributed by atoms with Crippen molar-refractivity contribution in [2.24, 2.45) is 5.92 Å². The van der Waals surface area contributed by atoms with Gasteiger partial charge in [0.25, 0.3) is 5.91 Å². The maximum Gasteiger partial charge on any atom is 0.266 e. The zero-order valence-corrected chi connectivity index (χ0v) is 12.5. The number of thiocarbonyl (C=S) groups is 1. The summed E-state index contributed by atoms with van der Waals surface area (Å²) >= 11 is 6.17. The summed E-state index contributed by atoms with van der Waals surface area (Å²) < 4.78 is 5.36. The molecule has 1 aromatic heterocycles. The average Bonchev–Trinajstić information content (AvgIpc) is 2.93. The van der Waals surface area contributed by atoms with Crippen LogP contribution in [0.15, 0.2) is 27.7 Å². The van der Waals surface area contributed by atoms with Gasteiger partial charge in [-0.1, -0.05) is 37.8 Å². The van der Waals surface area contributed by atoms with Crippen LogP contribution in [0.2, 0.25) is 0 Å². The first-order chi connectivity index (χ1) is 9.41. The maximum absolute atomic E-state index is 12.3. The minimum absolute atomic E-state index is 0.218. The smallest absolute Gasteiger partial charge is 0.266 e. The Hall–Kier alpha value is -1.60. The van der Waals surface area contributed by atoms with E-state index in [0.29, 0.717) is 10.7 Å². The Labute approximate surface area is 125 Å². The number of carbonyl (C=O) groups is 2. The second kappa shape index (κ2) is 5.80. The number of furan rings is 1. The lowest BCUT2D eigenvalue weighted by atomic mass is 10.0. The van der Waals surface area contributed by atoms with Gasteiger partial charge in [0.05, 0.1) is 23.2 Å². The van der Waals surface area contributed by atoms with Crippen LogP contribution < -0.4 is 5.11 Å². The Morgan fingerprint density at radius 3 is 2.75 bits per heavy atom. The van der Waals surface area contributed by atoms with Gasteiger partial charge in [-0.2, -0.15) is 0 Å². The van der Waals surface area contributed by atoms with Gasteiger partial charge in [0.2, 0.25) is 0 Å². The van der Waals surface area contributed by atoms with E-state index < -0.39 is 17.9 Å². The fourth-order valence-electron chi connectivity index (χ4n) is 1.90. The van der Waals surface area contributed by atoms with E-state index in [1.807, 2.05) is 0 Å². The highest BCUT2D eigenvalue weighted by Crippen LogP contribution is 2.35. The number of amides is 1. The van der Waals surface area contributed by atoms with E-state index in [9.17, 15) is 14.7 Å².